The molecule has 0 bridgehead atoms. The van der Waals surface area contributed by atoms with Gasteiger partial charge in [-0.3, -0.25) is 4.79 Å². The Hall–Kier alpha value is -2.60. The minimum absolute atomic E-state index is 0.0433. The zero-order valence-corrected chi connectivity index (χ0v) is 12.7. The third kappa shape index (κ3) is 2.98. The number of rotatable bonds is 3. The van der Waals surface area contributed by atoms with Gasteiger partial charge in [0.05, 0.1) is 11.1 Å². The lowest BCUT2D eigenvalue weighted by molar-refractivity contribution is -0.119. The molecule has 0 atom stereocenters. The van der Waals surface area contributed by atoms with Crippen molar-refractivity contribution in [1.29, 1.82) is 0 Å². The van der Waals surface area contributed by atoms with Gasteiger partial charge in [-0.2, -0.15) is 0 Å². The number of hydrogen-bond donors (Lipinski definition) is 2. The topological polar surface area (TPSA) is 98.6 Å². The van der Waals surface area contributed by atoms with Crippen LogP contribution in [0.15, 0.2) is 30.3 Å². The van der Waals surface area contributed by atoms with Gasteiger partial charge in [0.1, 0.15) is 0 Å². The summed E-state index contributed by atoms with van der Waals surface area (Å²) in [4.78, 5) is 29.9. The van der Waals surface area contributed by atoms with Crippen molar-refractivity contribution in [2.24, 2.45) is 5.73 Å². The molecule has 6 nitrogen and oxygen atoms in total. The molecular weight excluding hydrogens is 294 g/mol. The van der Waals surface area contributed by atoms with Crippen LogP contribution in [0, 0.1) is 0 Å². The average molecular weight is 313 g/mol. The number of primary amides is 1. The van der Waals surface area contributed by atoms with Crippen molar-refractivity contribution < 1.29 is 14.4 Å². The van der Waals surface area contributed by atoms with E-state index in [1.165, 1.54) is 0 Å². The average Bonchev–Trinajstić information content (AvgIpc) is 2.54. The molecule has 1 fully saturated rings. The summed E-state index contributed by atoms with van der Waals surface area (Å²) >= 11 is 0. The van der Waals surface area contributed by atoms with Crippen molar-refractivity contribution in [3.63, 3.8) is 0 Å². The van der Waals surface area contributed by atoms with E-state index in [0.717, 1.165) is 24.6 Å². The van der Waals surface area contributed by atoms with Crippen LogP contribution in [0.1, 0.15) is 40.0 Å². The van der Waals surface area contributed by atoms with E-state index in [1.807, 2.05) is 12.1 Å². The third-order valence-electron chi connectivity index (χ3n) is 4.06. The lowest BCUT2D eigenvalue weighted by Gasteiger charge is -2.25. The summed E-state index contributed by atoms with van der Waals surface area (Å²) in [6, 6.07) is 8.84. The summed E-state index contributed by atoms with van der Waals surface area (Å²) in [6.07, 6.45) is 3.07. The van der Waals surface area contributed by atoms with Crippen molar-refractivity contribution in [2.75, 3.05) is 18.8 Å². The van der Waals surface area contributed by atoms with Gasteiger partial charge in [-0.15, -0.1) is 5.06 Å². The van der Waals surface area contributed by atoms with Gasteiger partial charge in [0.15, 0.2) is 0 Å². The van der Waals surface area contributed by atoms with E-state index in [0.29, 0.717) is 18.5 Å². The molecule has 0 radical (unpaired) electrons. The first-order chi connectivity index (χ1) is 11.1. The van der Waals surface area contributed by atoms with Crippen LogP contribution in [-0.2, 0) is 4.84 Å². The maximum Gasteiger partial charge on any atom is 0.359 e. The number of nitrogens with two attached hydrogens (primary N) is 2. The second kappa shape index (κ2) is 6.26. The number of nitrogen functional groups attached to an aromatic ring is 1. The molecule has 1 heterocycles. The molecule has 23 heavy (non-hydrogen) atoms. The Morgan fingerprint density at radius 2 is 1.74 bits per heavy atom. The van der Waals surface area contributed by atoms with E-state index in [4.69, 9.17) is 16.3 Å². The molecule has 0 aromatic heterocycles. The molecular formula is C17H19N3O3. The van der Waals surface area contributed by atoms with Gasteiger partial charge in [-0.1, -0.05) is 30.7 Å². The largest absolute Gasteiger partial charge is 0.398 e. The predicted octanol–water partition coefficient (Wildman–Crippen LogP) is 2.08. The molecule has 0 aliphatic carbocycles. The highest BCUT2D eigenvalue weighted by atomic mass is 16.7. The fraction of sp³-hybridized carbons (Fsp3) is 0.294. The Kier molecular flexibility index (Phi) is 4.16. The van der Waals surface area contributed by atoms with Gasteiger partial charge in [0, 0.05) is 18.8 Å². The van der Waals surface area contributed by atoms with Crippen LogP contribution < -0.4 is 11.5 Å². The lowest BCUT2D eigenvalue weighted by atomic mass is 9.96. The molecule has 0 unspecified atom stereocenters. The van der Waals surface area contributed by atoms with Crippen LogP contribution >= 0.6 is 0 Å². The van der Waals surface area contributed by atoms with Crippen LogP contribution in [0.5, 0.6) is 0 Å². The van der Waals surface area contributed by atoms with E-state index < -0.39 is 11.9 Å². The number of nitrogens with zero attached hydrogens (tertiary/aromatic N) is 1. The quantitative estimate of drug-likeness (QED) is 0.845. The number of carbonyl (C=O) groups is 2. The number of benzene rings is 2. The molecule has 3 rings (SSSR count). The summed E-state index contributed by atoms with van der Waals surface area (Å²) in [7, 11) is 0. The second-order valence-electron chi connectivity index (χ2n) is 5.67. The highest BCUT2D eigenvalue weighted by molar-refractivity contribution is 6.16. The maximum absolute atomic E-state index is 12.6. The standard InChI is InChI=1S/C17H19N3O3/c18-13-10-11-6-2-3-7-12(11)14(16(19)21)15(13)17(22)23-20-8-4-1-5-9-20/h2-3,6-7,10H,1,4-5,8-9,18H2,(H2,19,21). The summed E-state index contributed by atoms with van der Waals surface area (Å²) < 4.78 is 0. The summed E-state index contributed by atoms with van der Waals surface area (Å²) in [6.45, 7) is 1.37. The monoisotopic (exact) mass is 313 g/mol. The molecule has 1 aliphatic heterocycles. The first kappa shape index (κ1) is 15.3. The van der Waals surface area contributed by atoms with Crippen LogP contribution in [0.2, 0.25) is 0 Å². The van der Waals surface area contributed by atoms with Crippen molar-refractivity contribution in [1.82, 2.24) is 5.06 Å². The normalized spacial score (nSPS) is 15.5. The Balaban J connectivity index is 2.04. The van der Waals surface area contributed by atoms with Crippen LogP contribution in [0.25, 0.3) is 10.8 Å². The second-order valence-corrected chi connectivity index (χ2v) is 5.67. The lowest BCUT2D eigenvalue weighted by Crippen LogP contribution is -2.33. The van der Waals surface area contributed by atoms with E-state index >= 15 is 0 Å². The highest BCUT2D eigenvalue weighted by Gasteiger charge is 2.25. The Morgan fingerprint density at radius 1 is 1.04 bits per heavy atom. The van der Waals surface area contributed by atoms with Gasteiger partial charge in [0.25, 0.3) is 0 Å². The molecule has 0 saturated carbocycles. The Morgan fingerprint density at radius 3 is 2.43 bits per heavy atom. The number of hydrogen-bond acceptors (Lipinski definition) is 5. The van der Waals surface area contributed by atoms with Crippen LogP contribution in [0.4, 0.5) is 5.69 Å². The van der Waals surface area contributed by atoms with Crippen molar-refractivity contribution >= 4 is 28.3 Å². The van der Waals surface area contributed by atoms with E-state index in [-0.39, 0.29) is 16.8 Å². The van der Waals surface area contributed by atoms with Gasteiger partial charge in [0.2, 0.25) is 5.91 Å². The smallest absolute Gasteiger partial charge is 0.359 e. The molecule has 1 amide bonds. The maximum atomic E-state index is 12.6. The number of amides is 1. The molecule has 1 aliphatic rings. The van der Waals surface area contributed by atoms with Crippen molar-refractivity contribution in [3.05, 3.63) is 41.5 Å². The molecule has 120 valence electrons. The van der Waals surface area contributed by atoms with E-state index in [1.54, 1.807) is 23.3 Å². The molecule has 0 spiro atoms. The fourth-order valence-corrected chi connectivity index (χ4v) is 2.96. The number of piperidine rings is 1. The summed E-state index contributed by atoms with van der Waals surface area (Å²) in [5.41, 5.74) is 11.9. The van der Waals surface area contributed by atoms with Crippen LogP contribution in [0.3, 0.4) is 0 Å². The van der Waals surface area contributed by atoms with Gasteiger partial charge in [-0.05, 0) is 29.7 Å². The summed E-state index contributed by atoms with van der Waals surface area (Å²) in [5, 5.41) is 2.97. The van der Waals surface area contributed by atoms with E-state index in [2.05, 4.69) is 0 Å². The fourth-order valence-electron chi connectivity index (χ4n) is 2.96. The first-order valence-electron chi connectivity index (χ1n) is 7.66. The Bertz CT molecular complexity index is 767. The molecule has 4 N–H and O–H groups in total. The number of fused-ring (bicyclic) bond motifs is 1. The summed E-state index contributed by atoms with van der Waals surface area (Å²) in [5.74, 6) is -1.33. The van der Waals surface area contributed by atoms with E-state index in [9.17, 15) is 9.59 Å². The molecule has 6 heteroatoms. The number of anilines is 1. The van der Waals surface area contributed by atoms with Crippen molar-refractivity contribution in [3.8, 4) is 0 Å². The molecule has 2 aromatic rings. The zero-order valence-electron chi connectivity index (χ0n) is 12.7. The Labute approximate surface area is 133 Å². The van der Waals surface area contributed by atoms with Gasteiger partial charge >= 0.3 is 5.97 Å². The minimum atomic E-state index is -0.695. The molecule has 2 aromatic carbocycles. The third-order valence-corrected chi connectivity index (χ3v) is 4.06. The number of carbonyl (C=O) groups excluding carboxylic acids is 2. The number of hydroxylamine groups is 2. The highest BCUT2D eigenvalue weighted by Crippen LogP contribution is 2.28. The minimum Gasteiger partial charge on any atom is -0.398 e. The zero-order chi connectivity index (χ0) is 16.4. The predicted molar refractivity (Wildman–Crippen MR) is 87.7 cm³/mol. The molecule has 1 saturated heterocycles. The first-order valence-corrected chi connectivity index (χ1v) is 7.66. The van der Waals surface area contributed by atoms with Gasteiger partial charge < -0.3 is 16.3 Å². The van der Waals surface area contributed by atoms with Crippen molar-refractivity contribution in [2.45, 2.75) is 19.3 Å². The SMILES string of the molecule is NC(=O)c1c(C(=O)ON2CCCCC2)c(N)cc2ccccc12. The van der Waals surface area contributed by atoms with Crippen LogP contribution in [-0.4, -0.2) is 30.0 Å². The van der Waals surface area contributed by atoms with Gasteiger partial charge in [-0.25, -0.2) is 4.79 Å².